The Balaban J connectivity index is 2.24. The second-order valence-corrected chi connectivity index (χ2v) is 3.96. The number of nitro groups is 1. The minimum Gasteiger partial charge on any atom is -0.336 e. The molecule has 18 heavy (non-hydrogen) atoms. The molecule has 0 aromatic heterocycles. The third-order valence-electron chi connectivity index (χ3n) is 2.81. The molecule has 1 saturated heterocycles. The highest BCUT2D eigenvalue weighted by Crippen LogP contribution is 2.21. The average Bonchev–Trinajstić information content (AvgIpc) is 2.36. The maximum atomic E-state index is 11.8. The van der Waals surface area contributed by atoms with Gasteiger partial charge >= 0.3 is 11.8 Å². The number of hydrogen-bond donors (Lipinski definition) is 0. The van der Waals surface area contributed by atoms with Crippen molar-refractivity contribution >= 4 is 23.2 Å². The lowest BCUT2D eigenvalue weighted by atomic mass is 10.2. The molecule has 7 nitrogen and oxygen atoms in total. The SMILES string of the molecule is CN1CCN(c2ccc([N+](=O)[O-])cc2)C(=O)C1=O. The van der Waals surface area contributed by atoms with Crippen LogP contribution in [0.15, 0.2) is 24.3 Å². The number of benzene rings is 1. The monoisotopic (exact) mass is 249 g/mol. The highest BCUT2D eigenvalue weighted by atomic mass is 16.6. The van der Waals surface area contributed by atoms with Crippen LogP contribution >= 0.6 is 0 Å². The molecule has 1 aromatic rings. The fourth-order valence-electron chi connectivity index (χ4n) is 1.73. The molecule has 1 aliphatic rings. The summed E-state index contributed by atoms with van der Waals surface area (Å²) in [6.07, 6.45) is 0. The number of amides is 2. The molecule has 0 saturated carbocycles. The van der Waals surface area contributed by atoms with Gasteiger partial charge in [0.05, 0.1) is 4.92 Å². The molecule has 1 aliphatic heterocycles. The Kier molecular flexibility index (Phi) is 2.97. The highest BCUT2D eigenvalue weighted by molar-refractivity contribution is 6.40. The number of non-ortho nitro benzene ring substituents is 1. The lowest BCUT2D eigenvalue weighted by Crippen LogP contribution is -2.52. The Bertz CT molecular complexity index is 512. The number of likely N-dealkylation sites (N-methyl/N-ethyl adjacent to an activating group) is 1. The number of nitrogens with zero attached hydrogens (tertiary/aromatic N) is 3. The summed E-state index contributed by atoms with van der Waals surface area (Å²) >= 11 is 0. The first-order chi connectivity index (χ1) is 8.50. The van der Waals surface area contributed by atoms with E-state index in [1.807, 2.05) is 0 Å². The average molecular weight is 249 g/mol. The number of carbonyl (C=O) groups excluding carboxylic acids is 2. The summed E-state index contributed by atoms with van der Waals surface area (Å²) in [4.78, 5) is 35.9. The van der Waals surface area contributed by atoms with Crippen LogP contribution in [0.4, 0.5) is 11.4 Å². The maximum Gasteiger partial charge on any atom is 0.316 e. The first-order valence-corrected chi connectivity index (χ1v) is 5.32. The van der Waals surface area contributed by atoms with Crippen LogP contribution in [0.1, 0.15) is 0 Å². The van der Waals surface area contributed by atoms with Crippen LogP contribution in [0.25, 0.3) is 0 Å². The van der Waals surface area contributed by atoms with Crippen LogP contribution in [-0.2, 0) is 9.59 Å². The summed E-state index contributed by atoms with van der Waals surface area (Å²) < 4.78 is 0. The summed E-state index contributed by atoms with van der Waals surface area (Å²) in [5, 5.41) is 10.5. The van der Waals surface area contributed by atoms with Gasteiger partial charge in [0.1, 0.15) is 0 Å². The number of piperazine rings is 1. The Hall–Kier alpha value is -2.44. The predicted molar refractivity (Wildman–Crippen MR) is 63.1 cm³/mol. The number of nitro benzene ring substituents is 1. The topological polar surface area (TPSA) is 83.8 Å². The molecule has 1 fully saturated rings. The molecule has 7 heteroatoms. The van der Waals surface area contributed by atoms with Crippen LogP contribution in [0.2, 0.25) is 0 Å². The van der Waals surface area contributed by atoms with Crippen molar-refractivity contribution in [3.05, 3.63) is 34.4 Å². The van der Waals surface area contributed by atoms with Gasteiger partial charge < -0.3 is 9.80 Å². The molecule has 2 rings (SSSR count). The van der Waals surface area contributed by atoms with Gasteiger partial charge in [-0.1, -0.05) is 0 Å². The third-order valence-corrected chi connectivity index (χ3v) is 2.81. The van der Waals surface area contributed by atoms with E-state index in [4.69, 9.17) is 0 Å². The maximum absolute atomic E-state index is 11.8. The van der Waals surface area contributed by atoms with Crippen LogP contribution in [0.5, 0.6) is 0 Å². The van der Waals surface area contributed by atoms with Gasteiger partial charge in [-0.05, 0) is 12.1 Å². The van der Waals surface area contributed by atoms with E-state index in [-0.39, 0.29) is 5.69 Å². The zero-order chi connectivity index (χ0) is 13.3. The first-order valence-electron chi connectivity index (χ1n) is 5.32. The van der Waals surface area contributed by atoms with Crippen molar-refractivity contribution in [2.45, 2.75) is 0 Å². The molecule has 0 bridgehead atoms. The molecule has 0 aliphatic carbocycles. The first kappa shape index (κ1) is 12.0. The Labute approximate surface area is 103 Å². The summed E-state index contributed by atoms with van der Waals surface area (Å²) in [6.45, 7) is 0.834. The second kappa shape index (κ2) is 4.44. The fourth-order valence-corrected chi connectivity index (χ4v) is 1.73. The van der Waals surface area contributed by atoms with Gasteiger partial charge in [-0.15, -0.1) is 0 Å². The van der Waals surface area contributed by atoms with Crippen molar-refractivity contribution in [2.75, 3.05) is 25.0 Å². The van der Waals surface area contributed by atoms with Gasteiger partial charge in [0.2, 0.25) is 0 Å². The molecule has 2 amide bonds. The van der Waals surface area contributed by atoms with Gasteiger partial charge in [-0.2, -0.15) is 0 Å². The molecule has 94 valence electrons. The molecule has 0 radical (unpaired) electrons. The van der Waals surface area contributed by atoms with Gasteiger partial charge in [-0.3, -0.25) is 19.7 Å². The van der Waals surface area contributed by atoms with Crippen LogP contribution < -0.4 is 4.90 Å². The smallest absolute Gasteiger partial charge is 0.316 e. The lowest BCUT2D eigenvalue weighted by molar-refractivity contribution is -0.384. The molecular formula is C11H11N3O4. The van der Waals surface area contributed by atoms with E-state index in [1.165, 1.54) is 34.1 Å². The second-order valence-electron chi connectivity index (χ2n) is 3.96. The van der Waals surface area contributed by atoms with E-state index in [0.717, 1.165) is 0 Å². The molecule has 0 atom stereocenters. The molecule has 0 spiro atoms. The molecular weight excluding hydrogens is 238 g/mol. The van der Waals surface area contributed by atoms with Gasteiger partial charge in [0, 0.05) is 38.0 Å². The van der Waals surface area contributed by atoms with Gasteiger partial charge in [-0.25, -0.2) is 0 Å². The number of rotatable bonds is 2. The van der Waals surface area contributed by atoms with Gasteiger partial charge in [0.25, 0.3) is 5.69 Å². The van der Waals surface area contributed by atoms with Crippen LogP contribution in [0, 0.1) is 10.1 Å². The fraction of sp³-hybridized carbons (Fsp3) is 0.273. The van der Waals surface area contributed by atoms with E-state index in [9.17, 15) is 19.7 Å². The summed E-state index contributed by atoms with van der Waals surface area (Å²) in [5.74, 6) is -1.18. The quantitative estimate of drug-likeness (QED) is 0.431. The summed E-state index contributed by atoms with van der Waals surface area (Å²) in [5.41, 5.74) is 0.443. The molecule has 1 heterocycles. The van der Waals surface area contributed by atoms with E-state index in [0.29, 0.717) is 18.8 Å². The zero-order valence-electron chi connectivity index (χ0n) is 9.70. The van der Waals surface area contributed by atoms with Crippen molar-refractivity contribution in [1.29, 1.82) is 0 Å². The van der Waals surface area contributed by atoms with Gasteiger partial charge in [0.15, 0.2) is 0 Å². The third kappa shape index (κ3) is 2.02. The molecule has 1 aromatic carbocycles. The number of anilines is 1. The van der Waals surface area contributed by atoms with E-state index in [1.54, 1.807) is 7.05 Å². The minimum atomic E-state index is -0.613. The van der Waals surface area contributed by atoms with E-state index in [2.05, 4.69) is 0 Å². The minimum absolute atomic E-state index is 0.0494. The highest BCUT2D eigenvalue weighted by Gasteiger charge is 2.31. The predicted octanol–water partition coefficient (Wildman–Crippen LogP) is 0.400. The molecule has 0 N–H and O–H groups in total. The lowest BCUT2D eigenvalue weighted by Gasteiger charge is -2.31. The van der Waals surface area contributed by atoms with E-state index >= 15 is 0 Å². The standard InChI is InChI=1S/C11H11N3O4/c1-12-6-7-13(11(16)10(12)15)8-2-4-9(5-3-8)14(17)18/h2-5H,6-7H2,1H3. The number of carbonyl (C=O) groups is 2. The summed E-state index contributed by atoms with van der Waals surface area (Å²) in [7, 11) is 1.56. The van der Waals surface area contributed by atoms with Crippen molar-refractivity contribution < 1.29 is 14.5 Å². The van der Waals surface area contributed by atoms with Crippen LogP contribution in [-0.4, -0.2) is 41.8 Å². The zero-order valence-corrected chi connectivity index (χ0v) is 9.70. The van der Waals surface area contributed by atoms with Crippen molar-refractivity contribution in [3.63, 3.8) is 0 Å². The Morgan fingerprint density at radius 1 is 1.11 bits per heavy atom. The summed E-state index contributed by atoms with van der Waals surface area (Å²) in [6, 6.07) is 5.56. The normalized spacial score (nSPS) is 16.1. The van der Waals surface area contributed by atoms with Crippen molar-refractivity contribution in [2.24, 2.45) is 0 Å². The van der Waals surface area contributed by atoms with Crippen LogP contribution in [0.3, 0.4) is 0 Å². The molecule has 0 unspecified atom stereocenters. The van der Waals surface area contributed by atoms with Crippen molar-refractivity contribution in [1.82, 2.24) is 4.90 Å². The Morgan fingerprint density at radius 3 is 2.28 bits per heavy atom. The van der Waals surface area contributed by atoms with Crippen molar-refractivity contribution in [3.8, 4) is 0 Å². The Morgan fingerprint density at radius 2 is 1.72 bits per heavy atom. The largest absolute Gasteiger partial charge is 0.336 e. The van der Waals surface area contributed by atoms with E-state index < -0.39 is 16.7 Å². The number of hydrogen-bond acceptors (Lipinski definition) is 4.